The third-order valence-electron chi connectivity index (χ3n) is 4.03. The van der Waals surface area contributed by atoms with Crippen LogP contribution in [0.1, 0.15) is 18.4 Å². The van der Waals surface area contributed by atoms with Crippen LogP contribution in [0.4, 0.5) is 0 Å². The van der Waals surface area contributed by atoms with Crippen molar-refractivity contribution in [1.29, 1.82) is 0 Å². The van der Waals surface area contributed by atoms with Gasteiger partial charge in [0.2, 0.25) is 5.91 Å². The van der Waals surface area contributed by atoms with Crippen molar-refractivity contribution >= 4 is 17.3 Å². The molecule has 23 heavy (non-hydrogen) atoms. The third kappa shape index (κ3) is 2.95. The van der Waals surface area contributed by atoms with E-state index in [4.69, 9.17) is 0 Å². The average molecular weight is 307 g/mol. The molecule has 0 bridgehead atoms. The monoisotopic (exact) mass is 307 g/mol. The minimum Gasteiger partial charge on any atom is -0.314 e. The molecule has 0 unspecified atom stereocenters. The SMILES string of the molecule is C=CCN1C=C(c2ccccc2)C(=O)C(CC=C)(CC=C)C1=O. The van der Waals surface area contributed by atoms with Crippen LogP contribution in [0.2, 0.25) is 0 Å². The van der Waals surface area contributed by atoms with Gasteiger partial charge in [-0.15, -0.1) is 19.7 Å². The highest BCUT2D eigenvalue weighted by molar-refractivity contribution is 6.31. The van der Waals surface area contributed by atoms with Crippen molar-refractivity contribution < 1.29 is 9.59 Å². The normalized spacial score (nSPS) is 16.7. The molecule has 0 spiro atoms. The Kier molecular flexibility index (Phi) is 5.12. The maximum atomic E-state index is 13.2. The number of Topliss-reactive ketones (excluding diaryl/α,β-unsaturated/α-hetero) is 1. The number of benzene rings is 1. The molecule has 118 valence electrons. The van der Waals surface area contributed by atoms with Gasteiger partial charge < -0.3 is 4.90 Å². The summed E-state index contributed by atoms with van der Waals surface area (Å²) in [4.78, 5) is 27.6. The molecule has 3 nitrogen and oxygen atoms in total. The van der Waals surface area contributed by atoms with Gasteiger partial charge in [0, 0.05) is 18.3 Å². The zero-order chi connectivity index (χ0) is 16.9. The van der Waals surface area contributed by atoms with Crippen molar-refractivity contribution in [2.24, 2.45) is 5.41 Å². The predicted octanol–water partition coefficient (Wildman–Crippen LogP) is 3.76. The Balaban J connectivity index is 2.62. The molecule has 1 heterocycles. The highest BCUT2D eigenvalue weighted by Gasteiger charge is 2.49. The fraction of sp³-hybridized carbons (Fsp3) is 0.200. The summed E-state index contributed by atoms with van der Waals surface area (Å²) in [6, 6.07) is 9.39. The van der Waals surface area contributed by atoms with E-state index in [9.17, 15) is 9.59 Å². The van der Waals surface area contributed by atoms with E-state index in [1.54, 1.807) is 29.3 Å². The Morgan fingerprint density at radius 1 is 0.957 bits per heavy atom. The summed E-state index contributed by atoms with van der Waals surface area (Å²) in [5.74, 6) is -0.393. The molecule has 1 aliphatic rings. The van der Waals surface area contributed by atoms with Crippen LogP contribution in [0.3, 0.4) is 0 Å². The van der Waals surface area contributed by atoms with Crippen LogP contribution in [-0.4, -0.2) is 23.1 Å². The first-order chi connectivity index (χ1) is 11.1. The van der Waals surface area contributed by atoms with E-state index < -0.39 is 5.41 Å². The van der Waals surface area contributed by atoms with Gasteiger partial charge in [-0.05, 0) is 18.4 Å². The highest BCUT2D eigenvalue weighted by Crippen LogP contribution is 2.40. The summed E-state index contributed by atoms with van der Waals surface area (Å²) in [6.45, 7) is 11.5. The number of ketones is 1. The second-order valence-electron chi connectivity index (χ2n) is 5.55. The summed E-state index contributed by atoms with van der Waals surface area (Å²) in [5.41, 5.74) is 0.180. The Morgan fingerprint density at radius 2 is 1.57 bits per heavy atom. The molecule has 0 fully saturated rings. The van der Waals surface area contributed by atoms with Gasteiger partial charge in [-0.25, -0.2) is 0 Å². The lowest BCUT2D eigenvalue weighted by molar-refractivity contribution is -0.146. The summed E-state index contributed by atoms with van der Waals surface area (Å²) < 4.78 is 0. The smallest absolute Gasteiger partial charge is 0.241 e. The van der Waals surface area contributed by atoms with Crippen molar-refractivity contribution in [3.63, 3.8) is 0 Å². The van der Waals surface area contributed by atoms with Gasteiger partial charge in [-0.3, -0.25) is 9.59 Å². The summed E-state index contributed by atoms with van der Waals surface area (Å²) >= 11 is 0. The van der Waals surface area contributed by atoms with Crippen molar-refractivity contribution in [3.8, 4) is 0 Å². The number of carbonyl (C=O) groups excluding carboxylic acids is 2. The molecule has 1 aromatic carbocycles. The number of carbonyl (C=O) groups is 2. The largest absolute Gasteiger partial charge is 0.314 e. The van der Waals surface area contributed by atoms with E-state index in [-0.39, 0.29) is 24.5 Å². The van der Waals surface area contributed by atoms with Crippen LogP contribution in [0, 0.1) is 5.41 Å². The van der Waals surface area contributed by atoms with E-state index in [0.29, 0.717) is 12.1 Å². The van der Waals surface area contributed by atoms with Crippen molar-refractivity contribution in [2.75, 3.05) is 6.54 Å². The lowest BCUT2D eigenvalue weighted by Gasteiger charge is -2.38. The van der Waals surface area contributed by atoms with Gasteiger partial charge >= 0.3 is 0 Å². The fourth-order valence-corrected chi connectivity index (χ4v) is 2.94. The Labute approximate surface area is 137 Å². The van der Waals surface area contributed by atoms with Crippen LogP contribution < -0.4 is 0 Å². The van der Waals surface area contributed by atoms with E-state index >= 15 is 0 Å². The maximum Gasteiger partial charge on any atom is 0.241 e. The summed E-state index contributed by atoms with van der Waals surface area (Å²) in [7, 11) is 0. The standard InChI is InChI=1S/C20H21NO2/c1-4-12-20(13-5-2)18(22)17(16-10-8-7-9-11-16)15-21(14-6-3)19(20)23/h4-11,15H,1-3,12-14H2. The van der Waals surface area contributed by atoms with Crippen LogP contribution in [0.5, 0.6) is 0 Å². The molecular weight excluding hydrogens is 286 g/mol. The topological polar surface area (TPSA) is 37.4 Å². The molecular formula is C20H21NO2. The van der Waals surface area contributed by atoms with Crippen LogP contribution in [0.25, 0.3) is 5.57 Å². The van der Waals surface area contributed by atoms with Crippen molar-refractivity contribution in [3.05, 3.63) is 80.1 Å². The van der Waals surface area contributed by atoms with Crippen molar-refractivity contribution in [2.45, 2.75) is 12.8 Å². The molecule has 0 radical (unpaired) electrons. The van der Waals surface area contributed by atoms with Gasteiger partial charge in [0.15, 0.2) is 5.78 Å². The molecule has 2 rings (SSSR count). The second kappa shape index (κ2) is 7.05. The molecule has 0 N–H and O–H groups in total. The van der Waals surface area contributed by atoms with Gasteiger partial charge in [0.05, 0.1) is 0 Å². The Hall–Kier alpha value is -2.68. The number of nitrogens with zero attached hydrogens (tertiary/aromatic N) is 1. The van der Waals surface area contributed by atoms with E-state index in [1.807, 2.05) is 30.3 Å². The number of rotatable bonds is 7. The van der Waals surface area contributed by atoms with Gasteiger partial charge in [-0.1, -0.05) is 48.6 Å². The quantitative estimate of drug-likeness (QED) is 0.568. The van der Waals surface area contributed by atoms with Crippen LogP contribution >= 0.6 is 0 Å². The summed E-state index contributed by atoms with van der Waals surface area (Å²) in [5, 5.41) is 0. The molecule has 0 saturated carbocycles. The second-order valence-corrected chi connectivity index (χ2v) is 5.55. The first kappa shape index (κ1) is 16.7. The third-order valence-corrected chi connectivity index (χ3v) is 4.03. The number of amides is 1. The first-order valence-electron chi connectivity index (χ1n) is 7.56. The molecule has 0 saturated heterocycles. The molecule has 0 atom stereocenters. The minimum absolute atomic E-state index is 0.172. The van der Waals surface area contributed by atoms with E-state index in [1.165, 1.54) is 0 Å². The predicted molar refractivity (Wildman–Crippen MR) is 93.4 cm³/mol. The Bertz CT molecular complexity index is 660. The minimum atomic E-state index is -1.16. The molecule has 1 amide bonds. The van der Waals surface area contributed by atoms with Gasteiger partial charge in [0.1, 0.15) is 5.41 Å². The molecule has 0 aliphatic carbocycles. The van der Waals surface area contributed by atoms with E-state index in [0.717, 1.165) is 5.56 Å². The summed E-state index contributed by atoms with van der Waals surface area (Å²) in [6.07, 6.45) is 7.10. The highest BCUT2D eigenvalue weighted by atomic mass is 16.2. The first-order valence-corrected chi connectivity index (χ1v) is 7.56. The zero-order valence-corrected chi connectivity index (χ0v) is 13.2. The molecule has 1 aliphatic heterocycles. The lowest BCUT2D eigenvalue weighted by atomic mass is 9.70. The van der Waals surface area contributed by atoms with E-state index in [2.05, 4.69) is 19.7 Å². The maximum absolute atomic E-state index is 13.2. The van der Waals surface area contributed by atoms with Gasteiger partial charge in [-0.2, -0.15) is 0 Å². The average Bonchev–Trinajstić information content (AvgIpc) is 2.57. The van der Waals surface area contributed by atoms with Crippen molar-refractivity contribution in [1.82, 2.24) is 4.90 Å². The number of hydrogen-bond donors (Lipinski definition) is 0. The van der Waals surface area contributed by atoms with Gasteiger partial charge in [0.25, 0.3) is 0 Å². The van der Waals surface area contributed by atoms with Crippen LogP contribution in [0.15, 0.2) is 74.5 Å². The number of allylic oxidation sites excluding steroid dienone is 3. The fourth-order valence-electron chi connectivity index (χ4n) is 2.94. The molecule has 3 heteroatoms. The number of hydrogen-bond acceptors (Lipinski definition) is 2. The lowest BCUT2D eigenvalue weighted by Crippen LogP contribution is -2.50. The van der Waals surface area contributed by atoms with Crippen LogP contribution in [-0.2, 0) is 9.59 Å². The zero-order valence-electron chi connectivity index (χ0n) is 13.2. The molecule has 1 aromatic rings. The molecule has 0 aromatic heterocycles. The Morgan fingerprint density at radius 3 is 2.09 bits per heavy atom.